The molecule has 12 nitrogen and oxygen atoms in total. The first-order chi connectivity index (χ1) is 24.0. The van der Waals surface area contributed by atoms with Crippen molar-refractivity contribution in [1.82, 2.24) is 15.2 Å². The molecule has 1 saturated carbocycles. The molecule has 7 aliphatic heterocycles. The number of nitrogens with zero attached hydrogens (tertiary/aromatic N) is 5. The van der Waals surface area contributed by atoms with E-state index in [0.29, 0.717) is 48.3 Å². The number of hydrogen-bond donors (Lipinski definition) is 2. The van der Waals surface area contributed by atoms with Gasteiger partial charge in [-0.15, -0.1) is 0 Å². The Bertz CT molecular complexity index is 1600. The van der Waals surface area contributed by atoms with Gasteiger partial charge in [0.25, 0.3) is 0 Å². The van der Waals surface area contributed by atoms with Crippen LogP contribution in [0.2, 0.25) is 5.02 Å². The summed E-state index contributed by atoms with van der Waals surface area (Å²) < 4.78 is 40.4. The number of carbonyl (C=O) groups is 1. The van der Waals surface area contributed by atoms with Crippen molar-refractivity contribution in [3.05, 3.63) is 45.0 Å². The Morgan fingerprint density at radius 2 is 2.04 bits per heavy atom. The van der Waals surface area contributed by atoms with Crippen LogP contribution in [0.4, 0.5) is 14.9 Å². The molecule has 3 atom stereocenters. The Hall–Kier alpha value is -3.36. The van der Waals surface area contributed by atoms with Gasteiger partial charge < -0.3 is 29.3 Å². The van der Waals surface area contributed by atoms with Crippen molar-refractivity contribution in [2.45, 2.75) is 70.1 Å². The summed E-state index contributed by atoms with van der Waals surface area (Å²) in [6.45, 7) is 12.3. The average Bonchev–Trinajstić information content (AvgIpc) is 3.35. The lowest BCUT2D eigenvalue weighted by Crippen LogP contribution is -2.42. The molecule has 3 unspecified atom stereocenters. The first kappa shape index (κ1) is 34.1. The second-order valence-electron chi connectivity index (χ2n) is 13.3. The van der Waals surface area contributed by atoms with E-state index < -0.39 is 18.1 Å². The number of fused-ring (bicyclic) bond motifs is 6. The molecule has 3 saturated heterocycles. The van der Waals surface area contributed by atoms with E-state index in [0.717, 1.165) is 62.0 Å². The number of allylic oxidation sites excluding steroid dienone is 2. The Morgan fingerprint density at radius 3 is 2.84 bits per heavy atom. The van der Waals surface area contributed by atoms with Crippen molar-refractivity contribution in [1.29, 1.82) is 0 Å². The van der Waals surface area contributed by atoms with Crippen LogP contribution in [0.15, 0.2) is 38.3 Å². The highest BCUT2D eigenvalue weighted by atomic mass is 35.5. The molecule has 49 heavy (non-hydrogen) atoms. The molecule has 1 aliphatic carbocycles. The molecule has 2 N–H and O–H groups in total. The number of aliphatic imine (C=N–C) groups is 3. The van der Waals surface area contributed by atoms with Gasteiger partial charge in [0.1, 0.15) is 30.1 Å². The summed E-state index contributed by atoms with van der Waals surface area (Å²) in [6.07, 6.45) is 5.47. The molecule has 0 amide bonds. The van der Waals surface area contributed by atoms with E-state index in [-0.39, 0.29) is 55.3 Å². The van der Waals surface area contributed by atoms with Gasteiger partial charge in [-0.05, 0) is 69.5 Å². The zero-order valence-corrected chi connectivity index (χ0v) is 29.0. The minimum Gasteiger partial charge on any atom is -0.434 e. The number of rotatable bonds is 5. The van der Waals surface area contributed by atoms with Gasteiger partial charge in [0.05, 0.1) is 44.2 Å². The average molecular weight is 698 g/mol. The maximum atomic E-state index is 17.2. The van der Waals surface area contributed by atoms with Crippen molar-refractivity contribution < 1.29 is 28.1 Å². The van der Waals surface area contributed by atoms with E-state index in [2.05, 4.69) is 27.5 Å². The summed E-state index contributed by atoms with van der Waals surface area (Å²) in [5.74, 6) is -0.271. The maximum absolute atomic E-state index is 17.2. The van der Waals surface area contributed by atoms with Gasteiger partial charge in [0.15, 0.2) is 5.83 Å². The summed E-state index contributed by atoms with van der Waals surface area (Å²) >= 11 is 6.93. The fourth-order valence-electron chi connectivity index (χ4n) is 8.17. The van der Waals surface area contributed by atoms with Crippen molar-refractivity contribution in [2.75, 3.05) is 64.8 Å². The molecule has 4 fully saturated rings. The van der Waals surface area contributed by atoms with Crippen LogP contribution in [0.1, 0.15) is 68.6 Å². The van der Waals surface area contributed by atoms with Crippen LogP contribution in [0.3, 0.4) is 0 Å². The number of ether oxygens (including phenoxy) is 4. The number of anilines is 1. The number of carbonyl (C=O) groups excluding carboxylic acids is 1. The highest BCUT2D eigenvalue weighted by molar-refractivity contribution is 6.33. The minimum absolute atomic E-state index is 0.00358. The quantitative estimate of drug-likeness (QED) is 0.235. The molecule has 7 heterocycles. The molecule has 8 aliphatic rings. The lowest BCUT2D eigenvalue weighted by atomic mass is 9.91. The molecule has 14 heteroatoms. The number of benzene rings is 1. The number of hydrazine groups is 1. The normalized spacial score (nSPS) is 29.6. The lowest BCUT2D eigenvalue weighted by molar-refractivity contribution is -0.00949. The van der Waals surface area contributed by atoms with Crippen molar-refractivity contribution in [3.8, 4) is 0 Å². The maximum Gasteiger partial charge on any atom is 0.508 e. The molecule has 4 bridgehead atoms. The number of halogens is 2. The standard InChI is InChI=1S/C33H39ClFN7O5.C2H6/c1-36-31-23-12-37-30(28(35)29(23)38-18-45-17-33-4-2-6-42(33)7-3-5-33)27-22-13-39-40-25(22)11-24(34)26(27)21-10-19(21)15-46-32(43)47-20-14-41(31)8-9-44-16-20;1-2/h11-12,19-21,39-40H,1-10,13-18H2;1-2H3/b31-23+,38-29+;. The van der Waals surface area contributed by atoms with Gasteiger partial charge in [0.2, 0.25) is 0 Å². The van der Waals surface area contributed by atoms with E-state index in [1.807, 2.05) is 24.8 Å². The van der Waals surface area contributed by atoms with Crippen LogP contribution in [-0.4, -0.2) is 106 Å². The fourth-order valence-corrected chi connectivity index (χ4v) is 8.51. The van der Waals surface area contributed by atoms with Gasteiger partial charge in [0, 0.05) is 46.9 Å². The van der Waals surface area contributed by atoms with E-state index in [4.69, 9.17) is 40.5 Å². The Kier molecular flexibility index (Phi) is 10.1. The Balaban J connectivity index is 0.00000186. The van der Waals surface area contributed by atoms with Crippen LogP contribution in [0.25, 0.3) is 5.70 Å². The van der Waals surface area contributed by atoms with Crippen LogP contribution in [0, 0.1) is 5.92 Å². The summed E-state index contributed by atoms with van der Waals surface area (Å²) in [6, 6.07) is 1.85. The predicted molar refractivity (Wildman–Crippen MR) is 187 cm³/mol. The Labute approximate surface area is 291 Å². The summed E-state index contributed by atoms with van der Waals surface area (Å²) in [5.41, 5.74) is 9.96. The molecular formula is C35H45ClFN7O5. The number of hydrogen-bond acceptors (Lipinski definition) is 12. The molecule has 9 rings (SSSR count). The molecule has 264 valence electrons. The van der Waals surface area contributed by atoms with Crippen LogP contribution in [0.5, 0.6) is 0 Å². The van der Waals surface area contributed by atoms with E-state index in [1.54, 1.807) is 6.21 Å². The molecule has 0 radical (unpaired) electrons. The smallest absolute Gasteiger partial charge is 0.434 e. The summed E-state index contributed by atoms with van der Waals surface area (Å²) in [5, 5.41) is 0.490. The Morgan fingerprint density at radius 1 is 1.22 bits per heavy atom. The zero-order valence-electron chi connectivity index (χ0n) is 28.2. The van der Waals surface area contributed by atoms with Gasteiger partial charge in [-0.25, -0.2) is 19.6 Å². The summed E-state index contributed by atoms with van der Waals surface area (Å²) in [4.78, 5) is 31.0. The highest BCUT2D eigenvalue weighted by Crippen LogP contribution is 2.54. The SMILES string of the molecule is C=N/C1=C2/C=NC(=C(F)/C2=N/COCC23CCCN2CCC3)c2c3c(cc(Cl)c2C2CC2COC(=O)OC2COCCN1C2)NNC3.CC. The van der Waals surface area contributed by atoms with E-state index in [9.17, 15) is 4.79 Å². The third-order valence-corrected chi connectivity index (χ3v) is 10.8. The van der Waals surface area contributed by atoms with Crippen LogP contribution in [-0.2, 0) is 25.5 Å². The monoisotopic (exact) mass is 697 g/mol. The molecule has 0 aromatic heterocycles. The second kappa shape index (κ2) is 14.5. The van der Waals surface area contributed by atoms with Gasteiger partial charge in [-0.1, -0.05) is 25.4 Å². The summed E-state index contributed by atoms with van der Waals surface area (Å²) in [7, 11) is 0. The van der Waals surface area contributed by atoms with Crippen molar-refractivity contribution in [3.63, 3.8) is 0 Å². The minimum atomic E-state index is -0.758. The number of nitrogens with one attached hydrogen (secondary N) is 2. The first-order valence-electron chi connectivity index (χ1n) is 17.5. The van der Waals surface area contributed by atoms with E-state index >= 15 is 4.39 Å². The fraction of sp³-hybridized carbons (Fsp3) is 0.600. The predicted octanol–water partition coefficient (Wildman–Crippen LogP) is 5.45. The molecule has 1 aromatic rings. The van der Waals surface area contributed by atoms with E-state index in [1.165, 1.54) is 0 Å². The van der Waals surface area contributed by atoms with Gasteiger partial charge >= 0.3 is 6.16 Å². The first-order valence-corrected chi connectivity index (χ1v) is 17.9. The lowest BCUT2D eigenvalue weighted by Gasteiger charge is -2.31. The molecular weight excluding hydrogens is 653 g/mol. The topological polar surface area (TPSA) is 122 Å². The highest BCUT2D eigenvalue weighted by Gasteiger charge is 2.46. The zero-order chi connectivity index (χ0) is 34.1. The molecule has 0 spiro atoms. The van der Waals surface area contributed by atoms with Crippen molar-refractivity contribution >= 4 is 47.8 Å². The third-order valence-electron chi connectivity index (χ3n) is 10.5. The van der Waals surface area contributed by atoms with Gasteiger partial charge in [-0.3, -0.25) is 14.9 Å². The van der Waals surface area contributed by atoms with Crippen LogP contribution < -0.4 is 10.9 Å². The second-order valence-corrected chi connectivity index (χ2v) is 13.7. The molecule has 1 aromatic carbocycles. The largest absolute Gasteiger partial charge is 0.508 e. The van der Waals surface area contributed by atoms with Gasteiger partial charge in [-0.2, -0.15) is 0 Å². The third kappa shape index (κ3) is 6.51. The van der Waals surface area contributed by atoms with Crippen LogP contribution >= 0.6 is 11.6 Å². The van der Waals surface area contributed by atoms with Crippen molar-refractivity contribution in [2.24, 2.45) is 20.9 Å².